The van der Waals surface area contributed by atoms with E-state index < -0.39 is 6.03 Å². The number of carbonyl (C=O) groups excluding carboxylic acids is 1. The van der Waals surface area contributed by atoms with E-state index in [2.05, 4.69) is 10.6 Å². The van der Waals surface area contributed by atoms with E-state index in [9.17, 15) is 9.18 Å². The number of anilines is 1. The number of hydrogen-bond donors (Lipinski definition) is 2. The molecule has 0 saturated carbocycles. The molecular weight excluding hydrogens is 305 g/mol. The quantitative estimate of drug-likeness (QED) is 0.902. The summed E-state index contributed by atoms with van der Waals surface area (Å²) >= 11 is 5.88. The molecule has 2 amide bonds. The Balaban J connectivity index is 1.85. The largest absolute Gasteiger partial charge is 0.338 e. The average molecular weight is 318 g/mol. The SMILES string of the molecule is N#Cc1ccc(NC(=O)NCCc2ccccc2F)cc1Cl. The Morgan fingerprint density at radius 2 is 2.05 bits per heavy atom. The molecule has 0 aliphatic rings. The zero-order valence-corrected chi connectivity index (χ0v) is 12.3. The molecule has 0 heterocycles. The predicted molar refractivity (Wildman–Crippen MR) is 83.3 cm³/mol. The zero-order valence-electron chi connectivity index (χ0n) is 11.6. The van der Waals surface area contributed by atoms with Crippen molar-refractivity contribution in [1.29, 1.82) is 5.26 Å². The van der Waals surface area contributed by atoms with Gasteiger partial charge in [-0.1, -0.05) is 29.8 Å². The van der Waals surface area contributed by atoms with Crippen molar-refractivity contribution in [3.63, 3.8) is 0 Å². The molecule has 0 bridgehead atoms. The summed E-state index contributed by atoms with van der Waals surface area (Å²) in [5.41, 5.74) is 1.36. The number of nitrogens with one attached hydrogen (secondary N) is 2. The van der Waals surface area contributed by atoms with Crippen molar-refractivity contribution in [3.05, 3.63) is 64.4 Å². The normalized spacial score (nSPS) is 9.86. The zero-order chi connectivity index (χ0) is 15.9. The molecule has 0 aliphatic heterocycles. The van der Waals surface area contributed by atoms with Crippen molar-refractivity contribution in [2.75, 3.05) is 11.9 Å². The van der Waals surface area contributed by atoms with Gasteiger partial charge in [0.1, 0.15) is 11.9 Å². The van der Waals surface area contributed by atoms with Crippen LogP contribution < -0.4 is 10.6 Å². The lowest BCUT2D eigenvalue weighted by atomic mass is 10.1. The first kappa shape index (κ1) is 15.8. The third-order valence-electron chi connectivity index (χ3n) is 2.99. The lowest BCUT2D eigenvalue weighted by molar-refractivity contribution is 0.252. The molecule has 0 fully saturated rings. The van der Waals surface area contributed by atoms with E-state index in [0.717, 1.165) is 0 Å². The topological polar surface area (TPSA) is 64.9 Å². The fraction of sp³-hybridized carbons (Fsp3) is 0.125. The molecular formula is C16H13ClFN3O. The van der Waals surface area contributed by atoms with Crippen LogP contribution in [0.4, 0.5) is 14.9 Å². The van der Waals surface area contributed by atoms with Crippen LogP contribution >= 0.6 is 11.6 Å². The summed E-state index contributed by atoms with van der Waals surface area (Å²) in [7, 11) is 0. The Bertz CT molecular complexity index is 728. The monoisotopic (exact) mass is 317 g/mol. The van der Waals surface area contributed by atoms with Gasteiger partial charge in [-0.15, -0.1) is 0 Å². The molecule has 22 heavy (non-hydrogen) atoms. The maximum absolute atomic E-state index is 13.4. The van der Waals surface area contributed by atoms with Crippen LogP contribution in [0.2, 0.25) is 5.02 Å². The summed E-state index contributed by atoms with van der Waals surface area (Å²) in [6.45, 7) is 0.302. The predicted octanol–water partition coefficient (Wildman–Crippen LogP) is 3.71. The summed E-state index contributed by atoms with van der Waals surface area (Å²) in [6.07, 6.45) is 0.397. The van der Waals surface area contributed by atoms with Crippen LogP contribution in [0, 0.1) is 17.1 Å². The molecule has 4 nitrogen and oxygen atoms in total. The van der Waals surface area contributed by atoms with Crippen LogP contribution in [-0.2, 0) is 6.42 Å². The minimum atomic E-state index is -0.419. The molecule has 2 N–H and O–H groups in total. The summed E-state index contributed by atoms with van der Waals surface area (Å²) in [4.78, 5) is 11.7. The van der Waals surface area contributed by atoms with E-state index in [4.69, 9.17) is 16.9 Å². The minimum absolute atomic E-state index is 0.270. The lowest BCUT2D eigenvalue weighted by Crippen LogP contribution is -2.30. The van der Waals surface area contributed by atoms with Crippen LogP contribution in [0.5, 0.6) is 0 Å². The molecule has 2 aromatic carbocycles. The number of nitriles is 1. The van der Waals surface area contributed by atoms with Crippen LogP contribution in [0.15, 0.2) is 42.5 Å². The molecule has 6 heteroatoms. The molecule has 0 aliphatic carbocycles. The highest BCUT2D eigenvalue weighted by Crippen LogP contribution is 2.20. The highest BCUT2D eigenvalue weighted by Gasteiger charge is 2.06. The van der Waals surface area contributed by atoms with Gasteiger partial charge >= 0.3 is 6.03 Å². The Morgan fingerprint density at radius 1 is 1.27 bits per heavy atom. The summed E-state index contributed by atoms with van der Waals surface area (Å²) < 4.78 is 13.4. The number of rotatable bonds is 4. The molecule has 2 rings (SSSR count). The van der Waals surface area contributed by atoms with Crippen molar-refractivity contribution in [3.8, 4) is 6.07 Å². The maximum atomic E-state index is 13.4. The van der Waals surface area contributed by atoms with Crippen LogP contribution in [-0.4, -0.2) is 12.6 Å². The number of hydrogen-bond acceptors (Lipinski definition) is 2. The van der Waals surface area contributed by atoms with Gasteiger partial charge in [0, 0.05) is 12.2 Å². The third-order valence-corrected chi connectivity index (χ3v) is 3.30. The van der Waals surface area contributed by atoms with E-state index in [1.165, 1.54) is 18.2 Å². The van der Waals surface area contributed by atoms with E-state index in [1.54, 1.807) is 24.3 Å². The van der Waals surface area contributed by atoms with Gasteiger partial charge in [0.15, 0.2) is 0 Å². The molecule has 0 unspecified atom stereocenters. The van der Waals surface area contributed by atoms with Crippen molar-refractivity contribution >= 4 is 23.3 Å². The molecule has 2 aromatic rings. The first-order valence-electron chi connectivity index (χ1n) is 6.58. The Labute approximate surface area is 132 Å². The van der Waals surface area contributed by atoms with Crippen LogP contribution in [0.3, 0.4) is 0 Å². The Hall–Kier alpha value is -2.58. The van der Waals surface area contributed by atoms with E-state index in [-0.39, 0.29) is 10.8 Å². The summed E-state index contributed by atoms with van der Waals surface area (Å²) in [6, 6.07) is 12.5. The molecule has 0 atom stereocenters. The number of halogens is 2. The second kappa shape index (κ2) is 7.43. The van der Waals surface area contributed by atoms with Crippen molar-refractivity contribution in [1.82, 2.24) is 5.32 Å². The minimum Gasteiger partial charge on any atom is -0.338 e. The number of amides is 2. The number of carbonyl (C=O) groups is 1. The van der Waals surface area contributed by atoms with Gasteiger partial charge in [0.25, 0.3) is 0 Å². The van der Waals surface area contributed by atoms with Gasteiger partial charge in [-0.2, -0.15) is 5.26 Å². The third kappa shape index (κ3) is 4.21. The highest BCUT2D eigenvalue weighted by atomic mass is 35.5. The van der Waals surface area contributed by atoms with Crippen molar-refractivity contribution < 1.29 is 9.18 Å². The summed E-state index contributed by atoms with van der Waals surface area (Å²) in [5.74, 6) is -0.288. The van der Waals surface area contributed by atoms with E-state index in [0.29, 0.717) is 29.8 Å². The van der Waals surface area contributed by atoms with Crippen LogP contribution in [0.1, 0.15) is 11.1 Å². The molecule has 0 radical (unpaired) electrons. The molecule has 112 valence electrons. The lowest BCUT2D eigenvalue weighted by Gasteiger charge is -2.08. The fourth-order valence-corrected chi connectivity index (χ4v) is 2.09. The van der Waals surface area contributed by atoms with Gasteiger partial charge < -0.3 is 10.6 Å². The smallest absolute Gasteiger partial charge is 0.319 e. The van der Waals surface area contributed by atoms with Crippen LogP contribution in [0.25, 0.3) is 0 Å². The number of nitrogens with zero attached hydrogens (tertiary/aromatic N) is 1. The fourth-order valence-electron chi connectivity index (χ4n) is 1.87. The first-order chi connectivity index (χ1) is 10.6. The molecule has 0 aromatic heterocycles. The van der Waals surface area contributed by atoms with Crippen molar-refractivity contribution in [2.45, 2.75) is 6.42 Å². The summed E-state index contributed by atoms with van der Waals surface area (Å²) in [5, 5.41) is 14.3. The Kier molecular flexibility index (Phi) is 5.34. The molecule has 0 saturated heterocycles. The second-order valence-electron chi connectivity index (χ2n) is 4.53. The molecule has 0 spiro atoms. The maximum Gasteiger partial charge on any atom is 0.319 e. The standard InChI is InChI=1S/C16H13ClFN3O/c17-14-9-13(6-5-12(14)10-19)21-16(22)20-8-7-11-3-1-2-4-15(11)18/h1-6,9H,7-8H2,(H2,20,21,22). The number of benzene rings is 2. The number of urea groups is 1. The average Bonchev–Trinajstić information content (AvgIpc) is 2.49. The Morgan fingerprint density at radius 3 is 2.73 bits per heavy atom. The second-order valence-corrected chi connectivity index (χ2v) is 4.94. The first-order valence-corrected chi connectivity index (χ1v) is 6.96. The van der Waals surface area contributed by atoms with Gasteiger partial charge in [-0.3, -0.25) is 0 Å². The van der Waals surface area contributed by atoms with E-state index in [1.807, 2.05) is 6.07 Å². The highest BCUT2D eigenvalue weighted by molar-refractivity contribution is 6.32. The van der Waals surface area contributed by atoms with Gasteiger partial charge in [-0.05, 0) is 36.2 Å². The van der Waals surface area contributed by atoms with E-state index >= 15 is 0 Å². The van der Waals surface area contributed by atoms with Crippen molar-refractivity contribution in [2.24, 2.45) is 0 Å². The van der Waals surface area contributed by atoms with Gasteiger partial charge in [0.05, 0.1) is 10.6 Å². The van der Waals surface area contributed by atoms with Gasteiger partial charge in [-0.25, -0.2) is 9.18 Å². The van der Waals surface area contributed by atoms with Gasteiger partial charge in [0.2, 0.25) is 0 Å².